The SMILES string of the molecule is CCC(C)C1Nc2ccc(C(=O)N3CCOCC3)cc2NC1=O. The van der Waals surface area contributed by atoms with Crippen LogP contribution in [-0.4, -0.2) is 49.1 Å². The van der Waals surface area contributed by atoms with E-state index in [0.717, 1.165) is 12.1 Å². The monoisotopic (exact) mass is 317 g/mol. The van der Waals surface area contributed by atoms with Gasteiger partial charge in [0.2, 0.25) is 5.91 Å². The van der Waals surface area contributed by atoms with Crippen LogP contribution in [0, 0.1) is 5.92 Å². The minimum atomic E-state index is -0.228. The maximum absolute atomic E-state index is 12.5. The fourth-order valence-electron chi connectivity index (χ4n) is 2.94. The van der Waals surface area contributed by atoms with Gasteiger partial charge in [-0.25, -0.2) is 0 Å². The van der Waals surface area contributed by atoms with E-state index < -0.39 is 0 Å². The van der Waals surface area contributed by atoms with Crippen molar-refractivity contribution in [3.05, 3.63) is 23.8 Å². The lowest BCUT2D eigenvalue weighted by molar-refractivity contribution is -0.118. The predicted octanol–water partition coefficient (Wildman–Crippen LogP) is 1.94. The molecule has 124 valence electrons. The van der Waals surface area contributed by atoms with Gasteiger partial charge in [0.1, 0.15) is 6.04 Å². The van der Waals surface area contributed by atoms with E-state index in [9.17, 15) is 9.59 Å². The van der Waals surface area contributed by atoms with Crippen molar-refractivity contribution in [2.45, 2.75) is 26.3 Å². The summed E-state index contributed by atoms with van der Waals surface area (Å²) in [4.78, 5) is 26.6. The summed E-state index contributed by atoms with van der Waals surface area (Å²) in [5, 5.41) is 6.21. The van der Waals surface area contributed by atoms with Crippen LogP contribution in [0.15, 0.2) is 18.2 Å². The summed E-state index contributed by atoms with van der Waals surface area (Å²) in [7, 11) is 0. The fraction of sp³-hybridized carbons (Fsp3) is 0.529. The number of nitrogens with one attached hydrogen (secondary N) is 2. The molecular weight excluding hydrogens is 294 g/mol. The van der Waals surface area contributed by atoms with Crippen LogP contribution in [-0.2, 0) is 9.53 Å². The molecule has 0 bridgehead atoms. The highest BCUT2D eigenvalue weighted by molar-refractivity contribution is 6.05. The van der Waals surface area contributed by atoms with E-state index in [2.05, 4.69) is 24.5 Å². The lowest BCUT2D eigenvalue weighted by Gasteiger charge is -2.31. The maximum atomic E-state index is 12.5. The first-order chi connectivity index (χ1) is 11.1. The van der Waals surface area contributed by atoms with E-state index in [4.69, 9.17) is 4.74 Å². The number of rotatable bonds is 3. The first-order valence-corrected chi connectivity index (χ1v) is 8.18. The van der Waals surface area contributed by atoms with Gasteiger partial charge in [-0.1, -0.05) is 20.3 Å². The molecule has 2 N–H and O–H groups in total. The van der Waals surface area contributed by atoms with Crippen molar-refractivity contribution in [3.63, 3.8) is 0 Å². The van der Waals surface area contributed by atoms with E-state index in [1.54, 1.807) is 11.0 Å². The molecule has 23 heavy (non-hydrogen) atoms. The summed E-state index contributed by atoms with van der Waals surface area (Å²) in [6, 6.07) is 5.21. The standard InChI is InChI=1S/C17H23N3O3/c1-3-11(2)15-16(21)19-14-10-12(4-5-13(14)18-15)17(22)20-6-8-23-9-7-20/h4-5,10-11,15,18H,3,6-9H2,1-2H3,(H,19,21). The summed E-state index contributed by atoms with van der Waals surface area (Å²) in [6.45, 7) is 6.49. The van der Waals surface area contributed by atoms with Gasteiger partial charge in [0.05, 0.1) is 24.6 Å². The normalized spacial score (nSPS) is 21.9. The van der Waals surface area contributed by atoms with Crippen molar-refractivity contribution < 1.29 is 14.3 Å². The molecule has 6 heteroatoms. The molecule has 0 aromatic heterocycles. The largest absolute Gasteiger partial charge is 0.378 e. The van der Waals surface area contributed by atoms with Gasteiger partial charge >= 0.3 is 0 Å². The van der Waals surface area contributed by atoms with E-state index in [1.165, 1.54) is 0 Å². The van der Waals surface area contributed by atoms with Gasteiger partial charge in [0.25, 0.3) is 5.91 Å². The van der Waals surface area contributed by atoms with Crippen LogP contribution in [0.5, 0.6) is 0 Å². The zero-order chi connectivity index (χ0) is 16.4. The highest BCUT2D eigenvalue weighted by Gasteiger charge is 2.30. The number of fused-ring (bicyclic) bond motifs is 1. The van der Waals surface area contributed by atoms with Crippen molar-refractivity contribution in [1.29, 1.82) is 0 Å². The Morgan fingerprint density at radius 1 is 1.35 bits per heavy atom. The maximum Gasteiger partial charge on any atom is 0.254 e. The number of anilines is 2. The summed E-state index contributed by atoms with van der Waals surface area (Å²) in [6.07, 6.45) is 0.925. The molecule has 0 spiro atoms. The molecule has 2 aliphatic heterocycles. The Bertz CT molecular complexity index is 611. The van der Waals surface area contributed by atoms with Gasteiger partial charge in [-0.3, -0.25) is 9.59 Å². The van der Waals surface area contributed by atoms with Crippen molar-refractivity contribution >= 4 is 23.2 Å². The summed E-state index contributed by atoms with van der Waals surface area (Å²) < 4.78 is 5.27. The Morgan fingerprint density at radius 3 is 2.78 bits per heavy atom. The van der Waals surface area contributed by atoms with E-state index in [1.807, 2.05) is 12.1 Å². The molecular formula is C17H23N3O3. The van der Waals surface area contributed by atoms with Crippen LogP contribution in [0.3, 0.4) is 0 Å². The highest BCUT2D eigenvalue weighted by Crippen LogP contribution is 2.30. The fourth-order valence-corrected chi connectivity index (χ4v) is 2.94. The predicted molar refractivity (Wildman–Crippen MR) is 88.7 cm³/mol. The molecule has 0 aliphatic carbocycles. The number of nitrogens with zero attached hydrogens (tertiary/aromatic N) is 1. The third-order valence-electron chi connectivity index (χ3n) is 4.63. The van der Waals surface area contributed by atoms with Crippen molar-refractivity contribution in [2.24, 2.45) is 5.92 Å². The molecule has 6 nitrogen and oxygen atoms in total. The minimum absolute atomic E-state index is 0.0191. The Labute approximate surface area is 136 Å². The lowest BCUT2D eigenvalue weighted by Crippen LogP contribution is -2.43. The van der Waals surface area contributed by atoms with Crippen LogP contribution in [0.4, 0.5) is 11.4 Å². The average Bonchev–Trinajstić information content (AvgIpc) is 2.60. The molecule has 3 rings (SSSR count). The van der Waals surface area contributed by atoms with Crippen LogP contribution < -0.4 is 10.6 Å². The quantitative estimate of drug-likeness (QED) is 0.894. The first-order valence-electron chi connectivity index (χ1n) is 8.18. The molecule has 1 aromatic carbocycles. The number of hydrogen-bond donors (Lipinski definition) is 2. The average molecular weight is 317 g/mol. The van der Waals surface area contributed by atoms with Gasteiger partial charge < -0.3 is 20.3 Å². The van der Waals surface area contributed by atoms with Gasteiger partial charge in [-0.15, -0.1) is 0 Å². The Kier molecular flexibility index (Phi) is 4.52. The van der Waals surface area contributed by atoms with Gasteiger partial charge in [0.15, 0.2) is 0 Å². The Balaban J connectivity index is 1.79. The second kappa shape index (κ2) is 6.58. The summed E-state index contributed by atoms with van der Waals surface area (Å²) >= 11 is 0. The topological polar surface area (TPSA) is 70.7 Å². The van der Waals surface area contributed by atoms with Crippen molar-refractivity contribution in [3.8, 4) is 0 Å². The van der Waals surface area contributed by atoms with Gasteiger partial charge in [-0.05, 0) is 24.1 Å². The van der Waals surface area contributed by atoms with Crippen LogP contribution in [0.2, 0.25) is 0 Å². The number of amides is 2. The zero-order valence-corrected chi connectivity index (χ0v) is 13.6. The van der Waals surface area contributed by atoms with Gasteiger partial charge in [-0.2, -0.15) is 0 Å². The van der Waals surface area contributed by atoms with E-state index in [0.29, 0.717) is 37.6 Å². The molecule has 2 unspecified atom stereocenters. The first kappa shape index (κ1) is 15.8. The second-order valence-electron chi connectivity index (χ2n) is 6.16. The van der Waals surface area contributed by atoms with E-state index >= 15 is 0 Å². The molecule has 2 heterocycles. The number of hydrogen-bond acceptors (Lipinski definition) is 4. The van der Waals surface area contributed by atoms with Crippen LogP contribution >= 0.6 is 0 Å². The zero-order valence-electron chi connectivity index (χ0n) is 13.6. The number of carbonyl (C=O) groups is 2. The Hall–Kier alpha value is -2.08. The second-order valence-corrected chi connectivity index (χ2v) is 6.16. The molecule has 0 saturated carbocycles. The number of benzene rings is 1. The van der Waals surface area contributed by atoms with Crippen molar-refractivity contribution in [1.82, 2.24) is 4.90 Å². The Morgan fingerprint density at radius 2 is 2.09 bits per heavy atom. The van der Waals surface area contributed by atoms with Gasteiger partial charge in [0, 0.05) is 18.7 Å². The van der Waals surface area contributed by atoms with Crippen LogP contribution in [0.25, 0.3) is 0 Å². The molecule has 2 aliphatic rings. The van der Waals surface area contributed by atoms with Crippen LogP contribution in [0.1, 0.15) is 30.6 Å². The smallest absolute Gasteiger partial charge is 0.254 e. The minimum Gasteiger partial charge on any atom is -0.378 e. The molecule has 2 amide bonds. The lowest BCUT2D eigenvalue weighted by atomic mass is 9.95. The highest BCUT2D eigenvalue weighted by atomic mass is 16.5. The molecule has 0 radical (unpaired) electrons. The third-order valence-corrected chi connectivity index (χ3v) is 4.63. The number of carbonyl (C=O) groups excluding carboxylic acids is 2. The summed E-state index contributed by atoms with van der Waals surface area (Å²) in [5.74, 6) is 0.190. The summed E-state index contributed by atoms with van der Waals surface area (Å²) in [5.41, 5.74) is 2.14. The van der Waals surface area contributed by atoms with E-state index in [-0.39, 0.29) is 23.8 Å². The number of morpholine rings is 1. The molecule has 1 saturated heterocycles. The molecule has 2 atom stereocenters. The number of ether oxygens (including phenoxy) is 1. The molecule has 1 fully saturated rings. The third kappa shape index (κ3) is 3.17. The van der Waals surface area contributed by atoms with Crippen molar-refractivity contribution in [2.75, 3.05) is 36.9 Å². The molecule has 1 aromatic rings.